The van der Waals surface area contributed by atoms with Gasteiger partial charge in [0.25, 0.3) is 0 Å². The zero-order valence-corrected chi connectivity index (χ0v) is 13.0. The van der Waals surface area contributed by atoms with Crippen LogP contribution in [-0.4, -0.2) is 37.4 Å². The summed E-state index contributed by atoms with van der Waals surface area (Å²) in [6.07, 6.45) is -2.27. The molecule has 0 aliphatic carbocycles. The molecule has 1 aromatic carbocycles. The molecule has 2 aliphatic rings. The molecule has 22 heavy (non-hydrogen) atoms. The van der Waals surface area contributed by atoms with Crippen molar-refractivity contribution in [2.24, 2.45) is 5.41 Å². The predicted octanol–water partition coefficient (Wildman–Crippen LogP) is 3.19. The van der Waals surface area contributed by atoms with E-state index in [2.05, 4.69) is 15.0 Å². The van der Waals surface area contributed by atoms with E-state index < -0.39 is 6.36 Å². The number of halogens is 4. The molecule has 2 heterocycles. The zero-order chi connectivity index (χ0) is 14.9. The largest absolute Gasteiger partial charge is 0.573 e. The van der Waals surface area contributed by atoms with Gasteiger partial charge in [-0.3, -0.25) is 4.90 Å². The number of nitrogens with zero attached hydrogens (tertiary/aromatic N) is 1. The van der Waals surface area contributed by atoms with Crippen LogP contribution in [0.4, 0.5) is 13.2 Å². The van der Waals surface area contributed by atoms with Gasteiger partial charge in [-0.1, -0.05) is 12.1 Å². The molecule has 2 fully saturated rings. The lowest BCUT2D eigenvalue weighted by molar-refractivity contribution is -0.274. The molecule has 0 aromatic heterocycles. The molecular formula is C15H20ClF3N2O. The van der Waals surface area contributed by atoms with Gasteiger partial charge in [0.15, 0.2) is 0 Å². The maximum atomic E-state index is 12.2. The van der Waals surface area contributed by atoms with E-state index in [9.17, 15) is 13.2 Å². The van der Waals surface area contributed by atoms with Crippen LogP contribution in [-0.2, 0) is 6.54 Å². The Labute approximate surface area is 134 Å². The van der Waals surface area contributed by atoms with Gasteiger partial charge in [-0.05, 0) is 49.0 Å². The Hall–Kier alpha value is -0.980. The highest BCUT2D eigenvalue weighted by atomic mass is 35.5. The van der Waals surface area contributed by atoms with E-state index in [1.165, 1.54) is 25.0 Å². The monoisotopic (exact) mass is 336 g/mol. The van der Waals surface area contributed by atoms with Gasteiger partial charge in [-0.2, -0.15) is 0 Å². The molecule has 1 N–H and O–H groups in total. The van der Waals surface area contributed by atoms with Gasteiger partial charge < -0.3 is 10.1 Å². The summed E-state index contributed by atoms with van der Waals surface area (Å²) < 4.78 is 40.7. The minimum Gasteiger partial charge on any atom is -0.406 e. The predicted molar refractivity (Wildman–Crippen MR) is 80.2 cm³/mol. The second kappa shape index (κ2) is 6.64. The Kier molecular flexibility index (Phi) is 5.25. The summed E-state index contributed by atoms with van der Waals surface area (Å²) in [5, 5.41) is 3.40. The van der Waals surface area contributed by atoms with Crippen molar-refractivity contribution in [3.8, 4) is 5.75 Å². The van der Waals surface area contributed by atoms with Gasteiger partial charge >= 0.3 is 6.36 Å². The first-order valence-electron chi connectivity index (χ1n) is 7.22. The molecular weight excluding hydrogens is 317 g/mol. The van der Waals surface area contributed by atoms with Gasteiger partial charge in [-0.25, -0.2) is 0 Å². The Morgan fingerprint density at radius 3 is 2.77 bits per heavy atom. The SMILES string of the molecule is Cl.FC(F)(F)Oc1cccc(CN2CCC3(CCNC3)C2)c1. The Morgan fingerprint density at radius 2 is 2.09 bits per heavy atom. The van der Waals surface area contributed by atoms with Crippen molar-refractivity contribution in [3.63, 3.8) is 0 Å². The van der Waals surface area contributed by atoms with E-state index in [0.717, 1.165) is 31.7 Å². The average Bonchev–Trinajstić information content (AvgIpc) is 2.99. The second-order valence-corrected chi connectivity index (χ2v) is 6.08. The van der Waals surface area contributed by atoms with Crippen LogP contribution in [0.25, 0.3) is 0 Å². The summed E-state index contributed by atoms with van der Waals surface area (Å²) in [4.78, 5) is 2.32. The van der Waals surface area contributed by atoms with Crippen LogP contribution in [0, 0.1) is 5.41 Å². The summed E-state index contributed by atoms with van der Waals surface area (Å²) in [5.41, 5.74) is 1.24. The summed E-state index contributed by atoms with van der Waals surface area (Å²) >= 11 is 0. The Balaban J connectivity index is 0.00000176. The number of hydrogen-bond donors (Lipinski definition) is 1. The molecule has 0 saturated carbocycles. The van der Waals surface area contributed by atoms with Gasteiger partial charge in [0.05, 0.1) is 0 Å². The average molecular weight is 337 g/mol. The van der Waals surface area contributed by atoms with Crippen LogP contribution in [0.3, 0.4) is 0 Å². The summed E-state index contributed by atoms with van der Waals surface area (Å²) in [6.45, 7) is 4.83. The van der Waals surface area contributed by atoms with Crippen LogP contribution in [0.5, 0.6) is 5.75 Å². The molecule has 7 heteroatoms. The molecule has 0 radical (unpaired) electrons. The van der Waals surface area contributed by atoms with Gasteiger partial charge in [0, 0.05) is 19.6 Å². The number of rotatable bonds is 3. The van der Waals surface area contributed by atoms with E-state index in [0.29, 0.717) is 12.0 Å². The molecule has 124 valence electrons. The number of ether oxygens (including phenoxy) is 1. The lowest BCUT2D eigenvalue weighted by atomic mass is 9.86. The molecule has 1 aromatic rings. The van der Waals surface area contributed by atoms with Gasteiger partial charge in [-0.15, -0.1) is 25.6 Å². The minimum absolute atomic E-state index is 0. The normalized spacial score (nSPS) is 25.4. The molecule has 2 aliphatic heterocycles. The van der Waals surface area contributed by atoms with E-state index in [1.54, 1.807) is 6.07 Å². The molecule has 1 atom stereocenters. The quantitative estimate of drug-likeness (QED) is 0.917. The van der Waals surface area contributed by atoms with Crippen molar-refractivity contribution in [3.05, 3.63) is 29.8 Å². The number of benzene rings is 1. The topological polar surface area (TPSA) is 24.5 Å². The van der Waals surface area contributed by atoms with E-state index in [1.807, 2.05) is 6.07 Å². The third-order valence-corrected chi connectivity index (χ3v) is 4.39. The molecule has 3 rings (SSSR count). The first-order chi connectivity index (χ1) is 9.94. The van der Waals surface area contributed by atoms with Crippen LogP contribution in [0.2, 0.25) is 0 Å². The highest BCUT2D eigenvalue weighted by molar-refractivity contribution is 5.85. The number of likely N-dealkylation sites (tertiary alicyclic amines) is 1. The summed E-state index contributed by atoms with van der Waals surface area (Å²) in [7, 11) is 0. The van der Waals surface area contributed by atoms with E-state index in [-0.39, 0.29) is 18.2 Å². The highest BCUT2D eigenvalue weighted by Gasteiger charge is 2.40. The van der Waals surface area contributed by atoms with Crippen molar-refractivity contribution in [2.45, 2.75) is 25.7 Å². The van der Waals surface area contributed by atoms with E-state index >= 15 is 0 Å². The van der Waals surface area contributed by atoms with Crippen molar-refractivity contribution < 1.29 is 17.9 Å². The second-order valence-electron chi connectivity index (χ2n) is 6.08. The van der Waals surface area contributed by atoms with Crippen molar-refractivity contribution in [1.82, 2.24) is 10.2 Å². The summed E-state index contributed by atoms with van der Waals surface area (Å²) in [6, 6.07) is 6.27. The van der Waals surface area contributed by atoms with Crippen molar-refractivity contribution >= 4 is 12.4 Å². The molecule has 1 unspecified atom stereocenters. The zero-order valence-electron chi connectivity index (χ0n) is 12.2. The minimum atomic E-state index is -4.63. The lowest BCUT2D eigenvalue weighted by Gasteiger charge is -2.23. The van der Waals surface area contributed by atoms with Crippen LogP contribution < -0.4 is 10.1 Å². The molecule has 0 amide bonds. The fraction of sp³-hybridized carbons (Fsp3) is 0.600. The molecule has 0 bridgehead atoms. The first-order valence-corrected chi connectivity index (χ1v) is 7.22. The summed E-state index contributed by atoms with van der Waals surface area (Å²) in [5.74, 6) is -0.142. The fourth-order valence-electron chi connectivity index (χ4n) is 3.41. The van der Waals surface area contributed by atoms with Gasteiger partial charge in [0.2, 0.25) is 0 Å². The van der Waals surface area contributed by atoms with Crippen LogP contribution in [0.15, 0.2) is 24.3 Å². The maximum absolute atomic E-state index is 12.2. The van der Waals surface area contributed by atoms with Gasteiger partial charge in [0.1, 0.15) is 5.75 Å². The Morgan fingerprint density at radius 1 is 1.27 bits per heavy atom. The lowest BCUT2D eigenvalue weighted by Crippen LogP contribution is -2.28. The third-order valence-electron chi connectivity index (χ3n) is 4.39. The molecule has 2 saturated heterocycles. The fourth-order valence-corrected chi connectivity index (χ4v) is 3.41. The smallest absolute Gasteiger partial charge is 0.406 e. The third kappa shape index (κ3) is 4.27. The van der Waals surface area contributed by atoms with Crippen molar-refractivity contribution in [1.29, 1.82) is 0 Å². The van der Waals surface area contributed by atoms with Crippen LogP contribution >= 0.6 is 12.4 Å². The van der Waals surface area contributed by atoms with Crippen molar-refractivity contribution in [2.75, 3.05) is 26.2 Å². The Bertz CT molecular complexity index is 504. The molecule has 3 nitrogen and oxygen atoms in total. The number of alkyl halides is 3. The number of nitrogens with one attached hydrogen (secondary N) is 1. The maximum Gasteiger partial charge on any atom is 0.573 e. The van der Waals surface area contributed by atoms with Crippen LogP contribution in [0.1, 0.15) is 18.4 Å². The standard InChI is InChI=1S/C15H19F3N2O.ClH/c16-15(17,18)21-13-3-1-2-12(8-13)9-20-7-5-14(11-20)4-6-19-10-14;/h1-3,8,19H,4-7,9-11H2;1H. The number of hydrogen-bond acceptors (Lipinski definition) is 3. The molecule has 1 spiro atoms. The first kappa shape index (κ1) is 17.4. The highest BCUT2D eigenvalue weighted by Crippen LogP contribution is 2.36. The van der Waals surface area contributed by atoms with E-state index in [4.69, 9.17) is 0 Å².